The number of sulfonamides is 1. The number of aliphatic carboxylic acids is 1. The Hall–Kier alpha value is -1.61. The van der Waals surface area contributed by atoms with Crippen LogP contribution in [0.5, 0.6) is 0 Å². The number of ether oxygens (including phenoxy) is 1. The summed E-state index contributed by atoms with van der Waals surface area (Å²) in [6, 6.07) is 0. The summed E-state index contributed by atoms with van der Waals surface area (Å²) in [7, 11) is -2.82. The summed E-state index contributed by atoms with van der Waals surface area (Å²) in [5.74, 6) is -3.11. The topological polar surface area (TPSA) is 110 Å². The number of aryl methyl sites for hydroxylation is 1. The SMILES string of the molecule is COC(=O)c1c(NS(=O)(=O)CC(=O)O)sc2c1CCCC2. The van der Waals surface area contributed by atoms with E-state index in [1.807, 2.05) is 0 Å². The van der Waals surface area contributed by atoms with Crippen molar-refractivity contribution in [3.05, 3.63) is 16.0 Å². The molecule has 0 spiro atoms. The van der Waals surface area contributed by atoms with Crippen molar-refractivity contribution in [1.29, 1.82) is 0 Å². The van der Waals surface area contributed by atoms with Crippen LogP contribution in [0.4, 0.5) is 5.00 Å². The average Bonchev–Trinajstić information content (AvgIpc) is 2.73. The average molecular weight is 333 g/mol. The Labute approximate surface area is 126 Å². The fourth-order valence-corrected chi connectivity index (χ4v) is 4.75. The molecule has 1 aromatic heterocycles. The van der Waals surface area contributed by atoms with Crippen molar-refractivity contribution in [3.63, 3.8) is 0 Å². The number of carbonyl (C=O) groups excluding carboxylic acids is 1. The predicted octanol–water partition coefficient (Wildman–Crippen LogP) is 1.24. The standard InChI is InChI=1S/C12H15NO6S2/c1-19-12(16)10-7-4-2-3-5-8(7)20-11(10)13-21(17,18)6-9(14)15/h13H,2-6H2,1H3,(H,14,15). The van der Waals surface area contributed by atoms with Crippen molar-refractivity contribution in [2.45, 2.75) is 25.7 Å². The molecule has 1 aromatic rings. The summed E-state index contributed by atoms with van der Waals surface area (Å²) in [6.07, 6.45) is 3.38. The van der Waals surface area contributed by atoms with Crippen LogP contribution >= 0.6 is 11.3 Å². The zero-order chi connectivity index (χ0) is 15.6. The van der Waals surface area contributed by atoms with Gasteiger partial charge >= 0.3 is 11.9 Å². The predicted molar refractivity (Wildman–Crippen MR) is 77.3 cm³/mol. The van der Waals surface area contributed by atoms with Crippen LogP contribution in [0.15, 0.2) is 0 Å². The van der Waals surface area contributed by atoms with Gasteiger partial charge in [0, 0.05) is 4.88 Å². The van der Waals surface area contributed by atoms with E-state index >= 15 is 0 Å². The molecule has 116 valence electrons. The van der Waals surface area contributed by atoms with E-state index in [4.69, 9.17) is 9.84 Å². The number of rotatable bonds is 5. The van der Waals surface area contributed by atoms with Gasteiger partial charge in [0.15, 0.2) is 5.75 Å². The van der Waals surface area contributed by atoms with Crippen LogP contribution in [0.2, 0.25) is 0 Å². The van der Waals surface area contributed by atoms with E-state index in [0.717, 1.165) is 29.7 Å². The molecule has 0 saturated carbocycles. The number of carboxylic acids is 1. The largest absolute Gasteiger partial charge is 0.480 e. The number of methoxy groups -OCH3 is 1. The molecule has 7 nitrogen and oxygen atoms in total. The van der Waals surface area contributed by atoms with E-state index in [0.29, 0.717) is 6.42 Å². The molecular formula is C12H15NO6S2. The Bertz CT molecular complexity index is 676. The zero-order valence-electron chi connectivity index (χ0n) is 11.3. The van der Waals surface area contributed by atoms with Gasteiger partial charge in [0.2, 0.25) is 10.0 Å². The number of hydrogen-bond donors (Lipinski definition) is 2. The molecule has 21 heavy (non-hydrogen) atoms. The normalized spacial score (nSPS) is 14.3. The molecule has 9 heteroatoms. The Kier molecular flexibility index (Phi) is 4.52. The molecule has 2 rings (SSSR count). The summed E-state index contributed by atoms with van der Waals surface area (Å²) >= 11 is 1.18. The fraction of sp³-hybridized carbons (Fsp3) is 0.500. The summed E-state index contributed by atoms with van der Waals surface area (Å²) in [4.78, 5) is 23.4. The van der Waals surface area contributed by atoms with Gasteiger partial charge in [0.1, 0.15) is 5.00 Å². The third kappa shape index (κ3) is 3.53. The highest BCUT2D eigenvalue weighted by Crippen LogP contribution is 2.38. The number of anilines is 1. The summed E-state index contributed by atoms with van der Waals surface area (Å²) in [5, 5.41) is 8.75. The van der Waals surface area contributed by atoms with Crippen molar-refractivity contribution in [1.82, 2.24) is 0 Å². The molecule has 1 heterocycles. The van der Waals surface area contributed by atoms with E-state index in [1.165, 1.54) is 18.4 Å². The van der Waals surface area contributed by atoms with Gasteiger partial charge in [-0.15, -0.1) is 11.3 Å². The number of carboxylic acid groups (broad SMARTS) is 1. The molecule has 0 fully saturated rings. The van der Waals surface area contributed by atoms with Crippen LogP contribution in [-0.4, -0.2) is 38.3 Å². The van der Waals surface area contributed by atoms with Crippen LogP contribution in [0.1, 0.15) is 33.6 Å². The third-order valence-electron chi connectivity index (χ3n) is 3.12. The van der Waals surface area contributed by atoms with E-state index in [2.05, 4.69) is 4.72 Å². The van der Waals surface area contributed by atoms with Crippen molar-refractivity contribution in [2.75, 3.05) is 17.6 Å². The van der Waals surface area contributed by atoms with Crippen LogP contribution in [0.3, 0.4) is 0 Å². The van der Waals surface area contributed by atoms with Gasteiger partial charge in [0.25, 0.3) is 0 Å². The van der Waals surface area contributed by atoms with Crippen LogP contribution in [0.25, 0.3) is 0 Å². The van der Waals surface area contributed by atoms with Crippen LogP contribution in [0, 0.1) is 0 Å². The highest BCUT2D eigenvalue weighted by molar-refractivity contribution is 7.93. The minimum Gasteiger partial charge on any atom is -0.480 e. The van der Waals surface area contributed by atoms with E-state index in [9.17, 15) is 18.0 Å². The minimum absolute atomic E-state index is 0.148. The maximum absolute atomic E-state index is 11.9. The maximum atomic E-state index is 11.9. The Morgan fingerprint density at radius 2 is 2.00 bits per heavy atom. The first-order chi connectivity index (χ1) is 9.84. The lowest BCUT2D eigenvalue weighted by molar-refractivity contribution is -0.134. The summed E-state index contributed by atoms with van der Waals surface area (Å²) in [5.41, 5.74) is 1.03. The molecule has 0 saturated heterocycles. The summed E-state index contributed by atoms with van der Waals surface area (Å²) in [6.45, 7) is 0. The summed E-state index contributed by atoms with van der Waals surface area (Å²) < 4.78 is 30.4. The molecule has 0 aliphatic heterocycles. The van der Waals surface area contributed by atoms with E-state index < -0.39 is 27.7 Å². The van der Waals surface area contributed by atoms with Gasteiger partial charge in [0.05, 0.1) is 12.7 Å². The van der Waals surface area contributed by atoms with Crippen molar-refractivity contribution in [3.8, 4) is 0 Å². The van der Waals surface area contributed by atoms with Crippen molar-refractivity contribution >= 4 is 38.3 Å². The van der Waals surface area contributed by atoms with Crippen LogP contribution in [-0.2, 0) is 32.4 Å². The first-order valence-corrected chi connectivity index (χ1v) is 8.76. The third-order valence-corrected chi connectivity index (χ3v) is 5.60. The number of esters is 1. The van der Waals surface area contributed by atoms with Crippen LogP contribution < -0.4 is 4.72 Å². The molecule has 0 bridgehead atoms. The van der Waals surface area contributed by atoms with Gasteiger partial charge in [-0.05, 0) is 31.2 Å². The molecule has 0 radical (unpaired) electrons. The number of hydrogen-bond acceptors (Lipinski definition) is 6. The molecular weight excluding hydrogens is 318 g/mol. The molecule has 0 amide bonds. The molecule has 0 unspecified atom stereocenters. The highest BCUT2D eigenvalue weighted by atomic mass is 32.2. The smallest absolute Gasteiger partial charge is 0.341 e. The first-order valence-electron chi connectivity index (χ1n) is 6.29. The van der Waals surface area contributed by atoms with Gasteiger partial charge in [-0.25, -0.2) is 13.2 Å². The molecule has 1 aliphatic carbocycles. The first kappa shape index (κ1) is 15.8. The number of fused-ring (bicyclic) bond motifs is 1. The van der Waals surface area contributed by atoms with Crippen molar-refractivity contribution in [2.24, 2.45) is 0 Å². The van der Waals surface area contributed by atoms with Gasteiger partial charge in [-0.3, -0.25) is 9.52 Å². The number of thiophene rings is 1. The second-order valence-electron chi connectivity index (χ2n) is 4.66. The van der Waals surface area contributed by atoms with Gasteiger partial charge in [-0.2, -0.15) is 0 Å². The molecule has 2 N–H and O–H groups in total. The van der Waals surface area contributed by atoms with E-state index in [1.54, 1.807) is 0 Å². The number of nitrogens with one attached hydrogen (secondary N) is 1. The zero-order valence-corrected chi connectivity index (χ0v) is 13.0. The second kappa shape index (κ2) is 6.02. The van der Waals surface area contributed by atoms with E-state index in [-0.39, 0.29) is 10.6 Å². The number of carbonyl (C=O) groups is 2. The molecule has 0 aromatic carbocycles. The monoisotopic (exact) mass is 333 g/mol. The highest BCUT2D eigenvalue weighted by Gasteiger charge is 2.28. The molecule has 1 aliphatic rings. The minimum atomic E-state index is -4.04. The second-order valence-corrected chi connectivity index (χ2v) is 7.49. The quantitative estimate of drug-likeness (QED) is 0.785. The maximum Gasteiger partial charge on any atom is 0.341 e. The lowest BCUT2D eigenvalue weighted by atomic mass is 9.95. The molecule has 0 atom stereocenters. The van der Waals surface area contributed by atoms with Crippen molar-refractivity contribution < 1.29 is 27.9 Å². The lowest BCUT2D eigenvalue weighted by Gasteiger charge is -2.11. The lowest BCUT2D eigenvalue weighted by Crippen LogP contribution is -2.23. The Balaban J connectivity index is 2.41. The Morgan fingerprint density at radius 3 is 2.62 bits per heavy atom. The fourth-order valence-electron chi connectivity index (χ4n) is 2.30. The Morgan fingerprint density at radius 1 is 1.33 bits per heavy atom. The van der Waals surface area contributed by atoms with Gasteiger partial charge in [-0.1, -0.05) is 0 Å². The van der Waals surface area contributed by atoms with Gasteiger partial charge < -0.3 is 9.84 Å².